The molecule has 8 heteroatoms. The molecular weight excluding hydrogens is 318 g/mol. The van der Waals surface area contributed by atoms with Crippen molar-refractivity contribution >= 4 is 35.0 Å². The first-order valence-electron chi connectivity index (χ1n) is 7.48. The van der Waals surface area contributed by atoms with Crippen LogP contribution in [0.5, 0.6) is 0 Å². The van der Waals surface area contributed by atoms with Gasteiger partial charge in [0.05, 0.1) is 19.1 Å². The van der Waals surface area contributed by atoms with Gasteiger partial charge in [-0.3, -0.25) is 9.59 Å². The number of carbonyl (C=O) groups excluding carboxylic acids is 3. The van der Waals surface area contributed by atoms with Gasteiger partial charge in [0.1, 0.15) is 5.78 Å². The predicted molar refractivity (Wildman–Crippen MR) is 86.0 cm³/mol. The molecule has 1 rings (SSSR count). The molecule has 23 heavy (non-hydrogen) atoms. The Kier molecular flexibility index (Phi) is 6.63. The third-order valence-corrected chi connectivity index (χ3v) is 4.32. The van der Waals surface area contributed by atoms with E-state index in [4.69, 9.17) is 17.0 Å². The van der Waals surface area contributed by atoms with Gasteiger partial charge in [-0.1, -0.05) is 26.7 Å². The smallest absolute Gasteiger partial charge is 0.334 e. The van der Waals surface area contributed by atoms with E-state index in [0.717, 1.165) is 20.0 Å². The first kappa shape index (κ1) is 19.0. The average Bonchev–Trinajstić information content (AvgIpc) is 2.52. The number of methoxy groups -OCH3 is 1. The second-order valence-electron chi connectivity index (χ2n) is 5.51. The average molecular weight is 339 g/mol. The Morgan fingerprint density at radius 3 is 2.65 bits per heavy atom. The first-order valence-corrected chi connectivity index (χ1v) is 7.89. The summed E-state index contributed by atoms with van der Waals surface area (Å²) in [6.07, 6.45) is 2.79. The van der Waals surface area contributed by atoms with Crippen molar-refractivity contribution in [2.45, 2.75) is 45.1 Å². The van der Waals surface area contributed by atoms with Crippen molar-refractivity contribution in [3.8, 4) is 6.07 Å². The van der Waals surface area contributed by atoms with Crippen molar-refractivity contribution in [3.63, 3.8) is 0 Å². The fourth-order valence-corrected chi connectivity index (χ4v) is 3.00. The highest BCUT2D eigenvalue weighted by Gasteiger charge is 2.59. The minimum absolute atomic E-state index is 0.0971. The van der Waals surface area contributed by atoms with Gasteiger partial charge in [-0.2, -0.15) is 5.26 Å². The van der Waals surface area contributed by atoms with Crippen molar-refractivity contribution in [1.82, 2.24) is 10.6 Å². The molecule has 1 aliphatic rings. The number of Topliss-reactive ketones (excluding diaryl/α,β-unsaturated/α-hetero) is 1. The molecule has 0 aromatic rings. The van der Waals surface area contributed by atoms with Crippen LogP contribution in [-0.4, -0.2) is 35.4 Å². The molecule has 126 valence electrons. The van der Waals surface area contributed by atoms with Gasteiger partial charge in [-0.05, 0) is 18.6 Å². The SMILES string of the molecule is CCCCCC(=O)[C@H](C)[C@]1(C(=O)OC)NC(=S)NC(=O)[C@H]1C#N. The van der Waals surface area contributed by atoms with Crippen molar-refractivity contribution in [2.24, 2.45) is 11.8 Å². The Morgan fingerprint density at radius 1 is 1.48 bits per heavy atom. The first-order chi connectivity index (χ1) is 10.8. The van der Waals surface area contributed by atoms with Crippen LogP contribution in [0.2, 0.25) is 0 Å². The Balaban J connectivity index is 3.22. The third-order valence-electron chi connectivity index (χ3n) is 4.12. The van der Waals surface area contributed by atoms with Crippen LogP contribution in [0.25, 0.3) is 0 Å². The largest absolute Gasteiger partial charge is 0.467 e. The summed E-state index contributed by atoms with van der Waals surface area (Å²) in [6, 6.07) is 1.80. The van der Waals surface area contributed by atoms with E-state index in [-0.39, 0.29) is 17.3 Å². The molecule has 0 aromatic heterocycles. The van der Waals surface area contributed by atoms with Gasteiger partial charge in [-0.15, -0.1) is 0 Å². The summed E-state index contributed by atoms with van der Waals surface area (Å²) >= 11 is 4.94. The quantitative estimate of drug-likeness (QED) is 0.402. The molecule has 0 unspecified atom stereocenters. The summed E-state index contributed by atoms with van der Waals surface area (Å²) in [7, 11) is 1.14. The fraction of sp³-hybridized carbons (Fsp3) is 0.667. The van der Waals surface area contributed by atoms with E-state index in [1.807, 2.05) is 6.92 Å². The molecule has 0 bridgehead atoms. The number of ketones is 1. The van der Waals surface area contributed by atoms with Crippen molar-refractivity contribution in [3.05, 3.63) is 0 Å². The maximum atomic E-state index is 12.5. The predicted octanol–water partition coefficient (Wildman–Crippen LogP) is 0.828. The summed E-state index contributed by atoms with van der Waals surface area (Å²) in [5.74, 6) is -4.12. The maximum Gasteiger partial charge on any atom is 0.334 e. The second-order valence-corrected chi connectivity index (χ2v) is 5.92. The van der Waals surface area contributed by atoms with Gasteiger partial charge in [0.25, 0.3) is 0 Å². The highest BCUT2D eigenvalue weighted by atomic mass is 32.1. The van der Waals surface area contributed by atoms with Gasteiger partial charge in [0, 0.05) is 6.42 Å². The van der Waals surface area contributed by atoms with Gasteiger partial charge >= 0.3 is 5.97 Å². The van der Waals surface area contributed by atoms with Crippen LogP contribution in [-0.2, 0) is 19.1 Å². The molecule has 2 N–H and O–H groups in total. The number of ether oxygens (including phenoxy) is 1. The topological polar surface area (TPSA) is 108 Å². The lowest BCUT2D eigenvalue weighted by Crippen LogP contribution is -2.73. The Bertz CT molecular complexity index is 557. The van der Waals surface area contributed by atoms with Crippen molar-refractivity contribution < 1.29 is 19.1 Å². The number of carbonyl (C=O) groups is 3. The lowest BCUT2D eigenvalue weighted by molar-refractivity contribution is -0.158. The van der Waals surface area contributed by atoms with Crippen LogP contribution >= 0.6 is 12.2 Å². The normalized spacial score (nSPS) is 24.9. The highest BCUT2D eigenvalue weighted by molar-refractivity contribution is 7.80. The van der Waals surface area contributed by atoms with E-state index in [0.29, 0.717) is 6.42 Å². The lowest BCUT2D eigenvalue weighted by atomic mass is 9.71. The van der Waals surface area contributed by atoms with Crippen LogP contribution < -0.4 is 10.6 Å². The fourth-order valence-electron chi connectivity index (χ4n) is 2.74. The zero-order valence-corrected chi connectivity index (χ0v) is 14.3. The number of nitriles is 1. The molecule has 7 nitrogen and oxygen atoms in total. The number of amides is 1. The Labute approximate surface area is 140 Å². The van der Waals surface area contributed by atoms with E-state index >= 15 is 0 Å². The molecule has 1 saturated heterocycles. The molecule has 0 radical (unpaired) electrons. The maximum absolute atomic E-state index is 12.5. The van der Waals surface area contributed by atoms with Crippen LogP contribution in [0.15, 0.2) is 0 Å². The summed E-state index contributed by atoms with van der Waals surface area (Å²) < 4.78 is 4.77. The number of unbranched alkanes of at least 4 members (excludes halogenated alkanes) is 2. The van der Waals surface area contributed by atoms with Gasteiger partial charge in [0.2, 0.25) is 5.91 Å². The number of nitrogens with one attached hydrogen (secondary N) is 2. The minimum Gasteiger partial charge on any atom is -0.467 e. The summed E-state index contributed by atoms with van der Waals surface area (Å²) in [5.41, 5.74) is -1.80. The van der Waals surface area contributed by atoms with Gasteiger partial charge < -0.3 is 15.4 Å². The molecule has 0 aromatic carbocycles. The van der Waals surface area contributed by atoms with Gasteiger partial charge in [0.15, 0.2) is 16.6 Å². The number of hydrogen-bond donors (Lipinski definition) is 2. The van der Waals surface area contributed by atoms with Gasteiger partial charge in [-0.25, -0.2) is 4.79 Å². The van der Waals surface area contributed by atoms with E-state index in [1.54, 1.807) is 6.07 Å². The zero-order valence-electron chi connectivity index (χ0n) is 13.5. The number of thiocarbonyl (C=S) groups is 1. The lowest BCUT2D eigenvalue weighted by Gasteiger charge is -2.42. The standard InChI is InChI=1S/C15H21N3O4S/c1-4-5-6-7-11(19)9(2)15(13(21)22-3)10(8-16)12(20)17-14(23)18-15/h9-10H,4-7H2,1-3H3,(H2,17,18,20,23)/t9-,10+,15-/m0/s1. The molecule has 3 atom stereocenters. The summed E-state index contributed by atoms with van der Waals surface area (Å²) in [5, 5.41) is 14.2. The number of nitrogens with zero attached hydrogens (tertiary/aromatic N) is 1. The molecule has 1 heterocycles. The molecule has 1 fully saturated rings. The van der Waals surface area contributed by atoms with E-state index in [9.17, 15) is 19.6 Å². The van der Waals surface area contributed by atoms with Crippen molar-refractivity contribution in [1.29, 1.82) is 5.26 Å². The zero-order chi connectivity index (χ0) is 17.6. The van der Waals surface area contributed by atoms with Crippen molar-refractivity contribution in [2.75, 3.05) is 7.11 Å². The Morgan fingerprint density at radius 2 is 2.13 bits per heavy atom. The van der Waals surface area contributed by atoms with Crippen LogP contribution in [0.1, 0.15) is 39.5 Å². The summed E-state index contributed by atoms with van der Waals surface area (Å²) in [6.45, 7) is 3.53. The molecule has 0 saturated carbocycles. The highest BCUT2D eigenvalue weighted by Crippen LogP contribution is 2.32. The number of hydrogen-bond acceptors (Lipinski definition) is 6. The summed E-state index contributed by atoms with van der Waals surface area (Å²) in [4.78, 5) is 37.0. The Hall–Kier alpha value is -2.01. The van der Waals surface area contributed by atoms with Crippen LogP contribution in [0.4, 0.5) is 0 Å². The van der Waals surface area contributed by atoms with E-state index in [1.165, 1.54) is 6.92 Å². The third kappa shape index (κ3) is 3.67. The van der Waals surface area contributed by atoms with E-state index in [2.05, 4.69) is 10.6 Å². The molecule has 1 amide bonds. The van der Waals surface area contributed by atoms with E-state index < -0.39 is 29.3 Å². The monoisotopic (exact) mass is 339 g/mol. The van der Waals surface area contributed by atoms with Crippen LogP contribution in [0.3, 0.4) is 0 Å². The number of esters is 1. The number of rotatable bonds is 7. The minimum atomic E-state index is -1.80. The second kappa shape index (κ2) is 8.02. The molecule has 1 aliphatic heterocycles. The van der Waals surface area contributed by atoms with Crippen LogP contribution in [0, 0.1) is 23.2 Å². The molecular formula is C15H21N3O4S. The molecule has 0 aliphatic carbocycles. The molecule has 0 spiro atoms.